The highest BCUT2D eigenvalue weighted by Crippen LogP contribution is 2.23. The molecular weight excluding hydrogens is 287 g/mol. The summed E-state index contributed by atoms with van der Waals surface area (Å²) >= 11 is 11.8. The average molecular weight is 295 g/mol. The number of benzene rings is 1. The number of rotatable bonds is 2. The minimum atomic E-state index is -0.220. The molecule has 0 fully saturated rings. The Morgan fingerprint density at radius 3 is 2.84 bits per heavy atom. The van der Waals surface area contributed by atoms with E-state index in [4.69, 9.17) is 23.2 Å². The molecule has 2 aromatic heterocycles. The summed E-state index contributed by atoms with van der Waals surface area (Å²) in [4.78, 5) is 22.4. The van der Waals surface area contributed by atoms with Crippen molar-refractivity contribution in [3.63, 3.8) is 0 Å². The van der Waals surface area contributed by atoms with Gasteiger partial charge in [-0.1, -0.05) is 29.3 Å². The van der Waals surface area contributed by atoms with Crippen LogP contribution in [0.2, 0.25) is 10.0 Å². The first-order chi connectivity index (χ1) is 9.15. The lowest BCUT2D eigenvalue weighted by Crippen LogP contribution is -2.11. The molecule has 7 heteroatoms. The van der Waals surface area contributed by atoms with Crippen LogP contribution in [0.15, 0.2) is 35.6 Å². The van der Waals surface area contributed by atoms with Crippen LogP contribution in [0.1, 0.15) is 5.56 Å². The molecule has 3 aromatic rings. The lowest BCUT2D eigenvalue weighted by molar-refractivity contribution is 0.819. The molecule has 96 valence electrons. The second-order valence-electron chi connectivity index (χ2n) is 4.02. The van der Waals surface area contributed by atoms with Gasteiger partial charge in [0, 0.05) is 6.54 Å². The van der Waals surface area contributed by atoms with Crippen molar-refractivity contribution in [3.8, 4) is 0 Å². The van der Waals surface area contributed by atoms with Gasteiger partial charge in [-0.3, -0.25) is 4.79 Å². The second-order valence-corrected chi connectivity index (χ2v) is 4.84. The largest absolute Gasteiger partial charge is 0.320 e. The van der Waals surface area contributed by atoms with Gasteiger partial charge in [-0.25, -0.2) is 9.97 Å². The predicted octanol–water partition coefficient (Wildman–Crippen LogP) is 2.47. The Kier molecular flexibility index (Phi) is 3.00. The highest BCUT2D eigenvalue weighted by molar-refractivity contribution is 6.42. The number of aromatic amines is 1. The third-order valence-electron chi connectivity index (χ3n) is 2.75. The van der Waals surface area contributed by atoms with E-state index in [1.165, 1.54) is 6.33 Å². The quantitative estimate of drug-likeness (QED) is 0.790. The van der Waals surface area contributed by atoms with Crippen molar-refractivity contribution >= 4 is 34.4 Å². The molecule has 0 unspecified atom stereocenters. The van der Waals surface area contributed by atoms with E-state index < -0.39 is 0 Å². The average Bonchev–Trinajstić information content (AvgIpc) is 2.79. The molecular formula is C12H8Cl2N4O. The van der Waals surface area contributed by atoms with Gasteiger partial charge in [-0.05, 0) is 17.7 Å². The predicted molar refractivity (Wildman–Crippen MR) is 73.7 cm³/mol. The topological polar surface area (TPSA) is 63.6 Å². The SMILES string of the molecule is O=c1[nH]cnc2ncn(Cc3ccc(Cl)c(Cl)c3)c12. The third kappa shape index (κ3) is 2.22. The molecule has 5 nitrogen and oxygen atoms in total. The fourth-order valence-electron chi connectivity index (χ4n) is 1.87. The van der Waals surface area contributed by atoms with Crippen LogP contribution in [0, 0.1) is 0 Å². The molecule has 1 N–H and O–H groups in total. The fraction of sp³-hybridized carbons (Fsp3) is 0.0833. The van der Waals surface area contributed by atoms with Crippen molar-refractivity contribution in [1.29, 1.82) is 0 Å². The molecule has 0 aliphatic heterocycles. The van der Waals surface area contributed by atoms with E-state index in [9.17, 15) is 4.79 Å². The van der Waals surface area contributed by atoms with E-state index in [-0.39, 0.29) is 5.56 Å². The molecule has 1 aromatic carbocycles. The van der Waals surface area contributed by atoms with Crippen LogP contribution in [-0.2, 0) is 6.54 Å². The zero-order valence-electron chi connectivity index (χ0n) is 9.60. The van der Waals surface area contributed by atoms with Gasteiger partial charge in [0.15, 0.2) is 11.2 Å². The highest BCUT2D eigenvalue weighted by Gasteiger charge is 2.08. The second kappa shape index (κ2) is 4.68. The van der Waals surface area contributed by atoms with Gasteiger partial charge in [-0.2, -0.15) is 0 Å². The molecule has 0 spiro atoms. The maximum Gasteiger partial charge on any atom is 0.276 e. The number of fused-ring (bicyclic) bond motifs is 1. The Labute approximate surface area is 117 Å². The molecule has 0 bridgehead atoms. The number of hydrogen-bond acceptors (Lipinski definition) is 3. The molecule has 0 saturated carbocycles. The normalized spacial score (nSPS) is 11.1. The summed E-state index contributed by atoms with van der Waals surface area (Å²) < 4.78 is 1.72. The molecule has 2 heterocycles. The number of halogens is 2. The van der Waals surface area contributed by atoms with Crippen LogP contribution in [0.25, 0.3) is 11.2 Å². The van der Waals surface area contributed by atoms with Gasteiger partial charge < -0.3 is 9.55 Å². The van der Waals surface area contributed by atoms with Crippen molar-refractivity contribution in [2.45, 2.75) is 6.54 Å². The van der Waals surface area contributed by atoms with Gasteiger partial charge in [0.1, 0.15) is 0 Å². The number of H-pyrrole nitrogens is 1. The molecule has 19 heavy (non-hydrogen) atoms. The van der Waals surface area contributed by atoms with E-state index >= 15 is 0 Å². The lowest BCUT2D eigenvalue weighted by atomic mass is 10.2. The maximum absolute atomic E-state index is 11.8. The summed E-state index contributed by atoms with van der Waals surface area (Å²) in [5, 5.41) is 0.982. The Morgan fingerprint density at radius 2 is 2.05 bits per heavy atom. The van der Waals surface area contributed by atoms with Gasteiger partial charge >= 0.3 is 0 Å². The van der Waals surface area contributed by atoms with Crippen molar-refractivity contribution in [3.05, 3.63) is 56.8 Å². The number of imidazole rings is 1. The molecule has 0 atom stereocenters. The Hall–Kier alpha value is -1.85. The van der Waals surface area contributed by atoms with Crippen molar-refractivity contribution < 1.29 is 0 Å². The monoisotopic (exact) mass is 294 g/mol. The van der Waals surface area contributed by atoms with Crippen molar-refractivity contribution in [2.75, 3.05) is 0 Å². The van der Waals surface area contributed by atoms with Crippen LogP contribution in [-0.4, -0.2) is 19.5 Å². The zero-order chi connectivity index (χ0) is 13.4. The summed E-state index contributed by atoms with van der Waals surface area (Å²) in [5.74, 6) is 0. The van der Waals surface area contributed by atoms with Crippen LogP contribution in [0.5, 0.6) is 0 Å². The Morgan fingerprint density at radius 1 is 1.21 bits per heavy atom. The van der Waals surface area contributed by atoms with Gasteiger partial charge in [0.25, 0.3) is 5.56 Å². The lowest BCUT2D eigenvalue weighted by Gasteiger charge is -2.05. The van der Waals surface area contributed by atoms with Crippen LogP contribution in [0.4, 0.5) is 0 Å². The van der Waals surface area contributed by atoms with Crippen molar-refractivity contribution in [1.82, 2.24) is 19.5 Å². The van der Waals surface area contributed by atoms with Gasteiger partial charge in [0.05, 0.1) is 22.7 Å². The van der Waals surface area contributed by atoms with E-state index in [1.807, 2.05) is 6.07 Å². The molecule has 0 saturated heterocycles. The first-order valence-electron chi connectivity index (χ1n) is 5.47. The summed E-state index contributed by atoms with van der Waals surface area (Å²) in [6, 6.07) is 5.34. The van der Waals surface area contributed by atoms with Crippen LogP contribution < -0.4 is 5.56 Å². The zero-order valence-corrected chi connectivity index (χ0v) is 11.1. The molecule has 3 rings (SSSR count). The van der Waals surface area contributed by atoms with E-state index in [0.29, 0.717) is 27.8 Å². The van der Waals surface area contributed by atoms with Gasteiger partial charge in [0.2, 0.25) is 0 Å². The smallest absolute Gasteiger partial charge is 0.276 e. The first kappa shape index (κ1) is 12.2. The van der Waals surface area contributed by atoms with Crippen LogP contribution >= 0.6 is 23.2 Å². The van der Waals surface area contributed by atoms with E-state index in [0.717, 1.165) is 5.56 Å². The molecule has 0 aliphatic rings. The minimum Gasteiger partial charge on any atom is -0.320 e. The van der Waals surface area contributed by atoms with E-state index in [2.05, 4.69) is 15.0 Å². The molecule has 0 aliphatic carbocycles. The van der Waals surface area contributed by atoms with E-state index in [1.54, 1.807) is 23.0 Å². The fourth-order valence-corrected chi connectivity index (χ4v) is 2.19. The number of nitrogens with zero attached hydrogens (tertiary/aromatic N) is 3. The number of nitrogens with one attached hydrogen (secondary N) is 1. The summed E-state index contributed by atoms with van der Waals surface area (Å²) in [6.45, 7) is 0.474. The van der Waals surface area contributed by atoms with Crippen LogP contribution in [0.3, 0.4) is 0 Å². The molecule has 0 amide bonds. The van der Waals surface area contributed by atoms with Crippen molar-refractivity contribution in [2.24, 2.45) is 0 Å². The van der Waals surface area contributed by atoms with Gasteiger partial charge in [-0.15, -0.1) is 0 Å². The Bertz CT molecular complexity index is 809. The number of aromatic nitrogens is 4. The summed E-state index contributed by atoms with van der Waals surface area (Å²) in [6.07, 6.45) is 2.91. The molecule has 0 radical (unpaired) electrons. The number of hydrogen-bond donors (Lipinski definition) is 1. The third-order valence-corrected chi connectivity index (χ3v) is 3.49. The Balaban J connectivity index is 2.06. The highest BCUT2D eigenvalue weighted by atomic mass is 35.5. The summed E-state index contributed by atoms with van der Waals surface area (Å²) in [5.41, 5.74) is 1.57. The minimum absolute atomic E-state index is 0.220. The first-order valence-corrected chi connectivity index (χ1v) is 6.23. The standard InChI is InChI=1S/C12H8Cl2N4O/c13-8-2-1-7(3-9(8)14)4-18-6-17-11-10(18)12(19)16-5-15-11/h1-3,5-6H,4H2,(H,15,16,19). The summed E-state index contributed by atoms with van der Waals surface area (Å²) in [7, 11) is 0. The maximum atomic E-state index is 11.8.